The van der Waals surface area contributed by atoms with Crippen LogP contribution in [-0.4, -0.2) is 38.1 Å². The first-order chi connectivity index (χ1) is 19.3. The van der Waals surface area contributed by atoms with Crippen molar-refractivity contribution in [1.82, 2.24) is 19.4 Å². The van der Waals surface area contributed by atoms with E-state index >= 15 is 0 Å². The smallest absolute Gasteiger partial charge is 0.305 e. The number of anilines is 1. The van der Waals surface area contributed by atoms with Crippen LogP contribution in [0.3, 0.4) is 0 Å². The summed E-state index contributed by atoms with van der Waals surface area (Å²) in [4.78, 5) is 28.3. The number of amidine groups is 1. The summed E-state index contributed by atoms with van der Waals surface area (Å²) in [5.41, 5.74) is 13.2. The number of aryl methyl sites for hydroxylation is 2. The molecule has 1 fully saturated rings. The Morgan fingerprint density at radius 3 is 2.67 bits per heavy atom. The first kappa shape index (κ1) is 26.9. The van der Waals surface area contributed by atoms with Gasteiger partial charge in [0.1, 0.15) is 24.4 Å². The van der Waals surface area contributed by atoms with Crippen LogP contribution in [-0.2, 0) is 34.0 Å². The van der Waals surface area contributed by atoms with E-state index in [1.165, 1.54) is 31.7 Å². The summed E-state index contributed by atoms with van der Waals surface area (Å²) in [5.74, 6) is 1.39. The molecule has 11 nitrogen and oxygen atoms in total. The molecular formula is C29H33N7O4. The number of fused-ring (bicyclic) bond motifs is 1. The number of esters is 1. The standard InChI is InChI=1S/C29H33N7O4/c1-18-8-21(11-32-29(30)40-17-39-20(3)37)9-19(2)25(18)12-31-26-10-28(34-16-33-26)38-15-24-14-36-13-23(22-4-5-22)6-7-27(36)35-24/h6-10,13-14,16,22H,4-5,11-12,15,17H2,1-3H3,(H2,30,32)(H,31,33,34). The highest BCUT2D eigenvalue weighted by molar-refractivity contribution is 5.71. The number of nitrogens with zero attached hydrogens (tertiary/aromatic N) is 5. The van der Waals surface area contributed by atoms with Crippen LogP contribution in [0.4, 0.5) is 5.82 Å². The molecule has 0 radical (unpaired) electrons. The summed E-state index contributed by atoms with van der Waals surface area (Å²) in [7, 11) is 0. The Morgan fingerprint density at radius 1 is 1.12 bits per heavy atom. The largest absolute Gasteiger partial charge is 0.471 e. The zero-order valence-electron chi connectivity index (χ0n) is 22.9. The second kappa shape index (κ2) is 12.0. The van der Waals surface area contributed by atoms with E-state index in [2.05, 4.69) is 74.0 Å². The molecule has 1 aliphatic rings. The number of pyridine rings is 1. The van der Waals surface area contributed by atoms with Gasteiger partial charge < -0.3 is 29.7 Å². The number of benzene rings is 1. The average molecular weight is 544 g/mol. The average Bonchev–Trinajstić information content (AvgIpc) is 3.69. The van der Waals surface area contributed by atoms with E-state index < -0.39 is 5.97 Å². The second-order valence-electron chi connectivity index (χ2n) is 9.88. The quantitative estimate of drug-likeness (QED) is 0.124. The molecule has 0 aliphatic heterocycles. The Bertz CT molecular complexity index is 1520. The molecule has 5 rings (SSSR count). The molecule has 1 saturated carbocycles. The van der Waals surface area contributed by atoms with E-state index in [0.717, 1.165) is 33.6 Å². The number of nitrogens with one attached hydrogen (secondary N) is 1. The number of imidazole rings is 1. The van der Waals surface area contributed by atoms with Crippen molar-refractivity contribution >= 4 is 23.5 Å². The fourth-order valence-corrected chi connectivity index (χ4v) is 4.47. The minimum atomic E-state index is -0.445. The highest BCUT2D eigenvalue weighted by Crippen LogP contribution is 2.39. The lowest BCUT2D eigenvalue weighted by Crippen LogP contribution is -2.19. The number of hydrogen-bond acceptors (Lipinski definition) is 9. The molecular weight excluding hydrogens is 510 g/mol. The van der Waals surface area contributed by atoms with E-state index in [1.807, 2.05) is 6.20 Å². The summed E-state index contributed by atoms with van der Waals surface area (Å²) in [6, 6.07) is 10.1. The van der Waals surface area contributed by atoms with Gasteiger partial charge in [-0.1, -0.05) is 18.2 Å². The van der Waals surface area contributed by atoms with Crippen molar-refractivity contribution in [3.05, 3.63) is 82.6 Å². The van der Waals surface area contributed by atoms with E-state index in [0.29, 0.717) is 37.3 Å². The molecule has 40 heavy (non-hydrogen) atoms. The maximum Gasteiger partial charge on any atom is 0.305 e. The van der Waals surface area contributed by atoms with Crippen LogP contribution in [0.15, 0.2) is 54.0 Å². The molecule has 0 saturated heterocycles. The fraction of sp³-hybridized carbons (Fsp3) is 0.345. The van der Waals surface area contributed by atoms with Gasteiger partial charge >= 0.3 is 5.97 Å². The van der Waals surface area contributed by atoms with Crippen molar-refractivity contribution in [3.8, 4) is 5.88 Å². The third-order valence-electron chi connectivity index (χ3n) is 6.67. The SMILES string of the molecule is CC(=O)OCOC(N)=NCc1cc(C)c(CNc2cc(OCc3cn4cc(C5CC5)ccc4n3)ncn2)c(C)c1. The van der Waals surface area contributed by atoms with Crippen molar-refractivity contribution in [2.24, 2.45) is 10.7 Å². The lowest BCUT2D eigenvalue weighted by molar-refractivity contribution is -0.148. The molecule has 3 aromatic heterocycles. The number of aliphatic imine (C=N–C) groups is 1. The van der Waals surface area contributed by atoms with Gasteiger partial charge in [-0.05, 0) is 66.5 Å². The highest BCUT2D eigenvalue weighted by Gasteiger charge is 2.23. The lowest BCUT2D eigenvalue weighted by Gasteiger charge is -2.14. The van der Waals surface area contributed by atoms with Gasteiger partial charge in [0.05, 0.1) is 12.2 Å². The van der Waals surface area contributed by atoms with Crippen LogP contribution in [0, 0.1) is 13.8 Å². The molecule has 0 bridgehead atoms. The first-order valence-corrected chi connectivity index (χ1v) is 13.2. The number of ether oxygens (including phenoxy) is 3. The first-order valence-electron chi connectivity index (χ1n) is 13.2. The van der Waals surface area contributed by atoms with Gasteiger partial charge in [-0.25, -0.2) is 19.9 Å². The van der Waals surface area contributed by atoms with Gasteiger partial charge in [-0.3, -0.25) is 4.79 Å². The Hall–Kier alpha value is -4.67. The van der Waals surface area contributed by atoms with Gasteiger partial charge in [0.2, 0.25) is 12.7 Å². The zero-order chi connectivity index (χ0) is 28.1. The Balaban J connectivity index is 1.15. The topological polar surface area (TPSA) is 138 Å². The summed E-state index contributed by atoms with van der Waals surface area (Å²) in [5, 5.41) is 3.37. The van der Waals surface area contributed by atoms with Crippen LogP contribution in [0.25, 0.3) is 5.65 Å². The minimum absolute atomic E-state index is 0.0343. The van der Waals surface area contributed by atoms with E-state index in [4.69, 9.17) is 19.9 Å². The fourth-order valence-electron chi connectivity index (χ4n) is 4.47. The molecule has 3 heterocycles. The Morgan fingerprint density at radius 2 is 1.93 bits per heavy atom. The molecule has 4 aromatic rings. The molecule has 0 unspecified atom stereocenters. The predicted molar refractivity (Wildman–Crippen MR) is 150 cm³/mol. The minimum Gasteiger partial charge on any atom is -0.471 e. The predicted octanol–water partition coefficient (Wildman–Crippen LogP) is 4.16. The zero-order valence-corrected chi connectivity index (χ0v) is 22.9. The third kappa shape index (κ3) is 7.04. The number of carbonyl (C=O) groups is 1. The summed E-state index contributed by atoms with van der Waals surface area (Å²) < 4.78 is 17.8. The maximum absolute atomic E-state index is 10.8. The molecule has 1 aliphatic carbocycles. The Kier molecular flexibility index (Phi) is 8.09. The molecule has 3 N–H and O–H groups in total. The lowest BCUT2D eigenvalue weighted by atomic mass is 9.99. The van der Waals surface area contributed by atoms with E-state index in [9.17, 15) is 4.79 Å². The van der Waals surface area contributed by atoms with Crippen LogP contribution in [0.2, 0.25) is 0 Å². The highest BCUT2D eigenvalue weighted by atomic mass is 16.7. The monoisotopic (exact) mass is 543 g/mol. The number of hydrogen-bond donors (Lipinski definition) is 2. The number of aromatic nitrogens is 4. The molecule has 11 heteroatoms. The molecule has 1 aromatic carbocycles. The van der Waals surface area contributed by atoms with Crippen LogP contribution in [0.5, 0.6) is 5.88 Å². The van der Waals surface area contributed by atoms with Crippen LogP contribution >= 0.6 is 0 Å². The molecule has 0 spiro atoms. The Labute approximate surface area is 232 Å². The van der Waals surface area contributed by atoms with Crippen molar-refractivity contribution in [2.75, 3.05) is 12.1 Å². The summed E-state index contributed by atoms with van der Waals surface area (Å²) in [6.45, 7) is 6.39. The second-order valence-corrected chi connectivity index (χ2v) is 9.88. The number of nitrogens with two attached hydrogens (primary N) is 1. The molecule has 208 valence electrons. The number of carbonyl (C=O) groups excluding carboxylic acids is 1. The summed E-state index contributed by atoms with van der Waals surface area (Å²) in [6.07, 6.45) is 8.20. The number of rotatable bonds is 11. The molecule has 0 amide bonds. The normalized spacial score (nSPS) is 13.3. The van der Waals surface area contributed by atoms with E-state index in [-0.39, 0.29) is 12.8 Å². The van der Waals surface area contributed by atoms with Crippen LogP contribution < -0.4 is 15.8 Å². The summed E-state index contributed by atoms with van der Waals surface area (Å²) >= 11 is 0. The van der Waals surface area contributed by atoms with Crippen molar-refractivity contribution in [1.29, 1.82) is 0 Å². The van der Waals surface area contributed by atoms with Gasteiger partial charge in [0.25, 0.3) is 6.02 Å². The maximum atomic E-state index is 10.8. The van der Waals surface area contributed by atoms with Crippen LogP contribution in [0.1, 0.15) is 59.2 Å². The third-order valence-corrected chi connectivity index (χ3v) is 6.67. The van der Waals surface area contributed by atoms with Crippen molar-refractivity contribution in [3.63, 3.8) is 0 Å². The van der Waals surface area contributed by atoms with Crippen molar-refractivity contribution < 1.29 is 19.0 Å². The van der Waals surface area contributed by atoms with E-state index in [1.54, 1.807) is 6.07 Å². The van der Waals surface area contributed by atoms with Gasteiger partial charge in [-0.2, -0.15) is 0 Å². The van der Waals surface area contributed by atoms with Gasteiger partial charge in [0.15, 0.2) is 0 Å². The van der Waals surface area contributed by atoms with Gasteiger partial charge in [0, 0.05) is 31.9 Å². The van der Waals surface area contributed by atoms with Crippen molar-refractivity contribution in [2.45, 2.75) is 59.2 Å². The molecule has 0 atom stereocenters. The van der Waals surface area contributed by atoms with Gasteiger partial charge in [-0.15, -0.1) is 0 Å².